The number of aromatic nitrogens is 2. The molecule has 0 fully saturated rings. The number of nitrogens with zero attached hydrogens (tertiary/aromatic N) is 3. The van der Waals surface area contributed by atoms with E-state index in [1.807, 2.05) is 23.7 Å². The van der Waals surface area contributed by atoms with E-state index in [2.05, 4.69) is 42.2 Å². The highest BCUT2D eigenvalue weighted by atomic mass is 15.1. The molecular weight excluding hydrogens is 246 g/mol. The van der Waals surface area contributed by atoms with Crippen LogP contribution in [0.25, 0.3) is 22.4 Å². The molecule has 0 amide bonds. The van der Waals surface area contributed by atoms with Crippen molar-refractivity contribution in [1.29, 1.82) is 5.26 Å². The zero-order valence-corrected chi connectivity index (χ0v) is 11.6. The first-order chi connectivity index (χ1) is 9.74. The number of fused-ring (bicyclic) bond motifs is 1. The van der Waals surface area contributed by atoms with Crippen molar-refractivity contribution in [2.45, 2.75) is 13.3 Å². The molecule has 2 aromatic carbocycles. The van der Waals surface area contributed by atoms with Crippen LogP contribution in [0.2, 0.25) is 0 Å². The highest BCUT2D eigenvalue weighted by molar-refractivity contribution is 5.85. The SMILES string of the molecule is CCc1ccc(-c2nc3c(C#N)cccc3n2C)cc1. The Labute approximate surface area is 118 Å². The number of rotatable bonds is 2. The van der Waals surface area contributed by atoms with Crippen LogP contribution >= 0.6 is 0 Å². The second-order valence-corrected chi connectivity index (χ2v) is 4.83. The van der Waals surface area contributed by atoms with Crippen molar-refractivity contribution in [3.63, 3.8) is 0 Å². The molecule has 1 aromatic heterocycles. The molecule has 0 saturated carbocycles. The van der Waals surface area contributed by atoms with Crippen molar-refractivity contribution in [3.8, 4) is 17.5 Å². The molecule has 0 radical (unpaired) electrons. The Morgan fingerprint density at radius 2 is 1.90 bits per heavy atom. The molecule has 1 heterocycles. The minimum atomic E-state index is 0.620. The molecule has 0 N–H and O–H groups in total. The molecule has 98 valence electrons. The fourth-order valence-corrected chi connectivity index (χ4v) is 2.45. The average Bonchev–Trinajstić information content (AvgIpc) is 2.85. The van der Waals surface area contributed by atoms with Crippen LogP contribution in [0.4, 0.5) is 0 Å². The lowest BCUT2D eigenvalue weighted by atomic mass is 10.1. The van der Waals surface area contributed by atoms with E-state index >= 15 is 0 Å². The second kappa shape index (κ2) is 4.82. The standard InChI is InChI=1S/C17H15N3/c1-3-12-7-9-13(10-8-12)17-19-16-14(11-18)5-4-6-15(16)20(17)2/h4-10H,3H2,1-2H3. The van der Waals surface area contributed by atoms with Gasteiger partial charge in [-0.05, 0) is 24.1 Å². The molecule has 3 aromatic rings. The number of para-hydroxylation sites is 1. The van der Waals surface area contributed by atoms with Gasteiger partial charge in [0.2, 0.25) is 0 Å². The van der Waals surface area contributed by atoms with Crippen LogP contribution in [-0.4, -0.2) is 9.55 Å². The first-order valence-electron chi connectivity index (χ1n) is 6.69. The van der Waals surface area contributed by atoms with Crippen LogP contribution in [-0.2, 0) is 13.5 Å². The summed E-state index contributed by atoms with van der Waals surface area (Å²) in [4.78, 5) is 4.65. The van der Waals surface area contributed by atoms with Gasteiger partial charge in [-0.3, -0.25) is 0 Å². The Kier molecular flexibility index (Phi) is 3.00. The summed E-state index contributed by atoms with van der Waals surface area (Å²) in [6, 6.07) is 16.3. The van der Waals surface area contributed by atoms with Crippen molar-refractivity contribution in [2.75, 3.05) is 0 Å². The summed E-state index contributed by atoms with van der Waals surface area (Å²) in [6.45, 7) is 2.14. The maximum absolute atomic E-state index is 9.18. The summed E-state index contributed by atoms with van der Waals surface area (Å²) in [5.41, 5.74) is 4.76. The summed E-state index contributed by atoms with van der Waals surface area (Å²) in [6.07, 6.45) is 1.03. The number of hydrogen-bond acceptors (Lipinski definition) is 2. The molecule has 3 rings (SSSR count). The van der Waals surface area contributed by atoms with E-state index in [0.29, 0.717) is 5.56 Å². The second-order valence-electron chi connectivity index (χ2n) is 4.83. The smallest absolute Gasteiger partial charge is 0.140 e. The van der Waals surface area contributed by atoms with Crippen molar-refractivity contribution >= 4 is 11.0 Å². The van der Waals surface area contributed by atoms with Gasteiger partial charge in [0.15, 0.2) is 0 Å². The number of nitriles is 1. The molecule has 3 heteroatoms. The zero-order valence-electron chi connectivity index (χ0n) is 11.6. The molecule has 0 bridgehead atoms. The first kappa shape index (κ1) is 12.4. The van der Waals surface area contributed by atoms with Crippen LogP contribution in [0.5, 0.6) is 0 Å². The third kappa shape index (κ3) is 1.86. The minimum absolute atomic E-state index is 0.620. The normalized spacial score (nSPS) is 10.7. The molecule has 0 saturated heterocycles. The van der Waals surface area contributed by atoms with E-state index < -0.39 is 0 Å². The number of imidazole rings is 1. The van der Waals surface area contributed by atoms with Gasteiger partial charge in [-0.25, -0.2) is 4.98 Å². The summed E-state index contributed by atoms with van der Waals surface area (Å²) < 4.78 is 2.04. The van der Waals surface area contributed by atoms with Gasteiger partial charge in [0.25, 0.3) is 0 Å². The van der Waals surface area contributed by atoms with Crippen LogP contribution in [0, 0.1) is 11.3 Å². The van der Waals surface area contributed by atoms with E-state index in [1.165, 1.54) is 5.56 Å². The van der Waals surface area contributed by atoms with Gasteiger partial charge in [0, 0.05) is 12.6 Å². The summed E-state index contributed by atoms with van der Waals surface area (Å²) >= 11 is 0. The maximum atomic E-state index is 9.18. The minimum Gasteiger partial charge on any atom is -0.327 e. The molecule has 0 unspecified atom stereocenters. The molecule has 0 aliphatic carbocycles. The van der Waals surface area contributed by atoms with Crippen molar-refractivity contribution in [3.05, 3.63) is 53.6 Å². The topological polar surface area (TPSA) is 41.6 Å². The fourth-order valence-electron chi connectivity index (χ4n) is 2.45. The van der Waals surface area contributed by atoms with Gasteiger partial charge in [0.1, 0.15) is 17.4 Å². The summed E-state index contributed by atoms with van der Waals surface area (Å²) in [5.74, 6) is 0.894. The Morgan fingerprint density at radius 1 is 1.15 bits per heavy atom. The Morgan fingerprint density at radius 3 is 2.55 bits per heavy atom. The third-order valence-corrected chi connectivity index (χ3v) is 3.65. The monoisotopic (exact) mass is 261 g/mol. The van der Waals surface area contributed by atoms with Gasteiger partial charge >= 0.3 is 0 Å². The average molecular weight is 261 g/mol. The van der Waals surface area contributed by atoms with Crippen molar-refractivity contribution in [1.82, 2.24) is 9.55 Å². The van der Waals surface area contributed by atoms with E-state index in [4.69, 9.17) is 0 Å². The van der Waals surface area contributed by atoms with E-state index in [-0.39, 0.29) is 0 Å². The molecular formula is C17H15N3. The number of benzene rings is 2. The van der Waals surface area contributed by atoms with Crippen molar-refractivity contribution < 1.29 is 0 Å². The fraction of sp³-hybridized carbons (Fsp3) is 0.176. The highest BCUT2D eigenvalue weighted by Crippen LogP contribution is 2.25. The molecule has 0 atom stereocenters. The van der Waals surface area contributed by atoms with E-state index in [0.717, 1.165) is 28.8 Å². The zero-order chi connectivity index (χ0) is 14.1. The molecule has 0 spiro atoms. The Hall–Kier alpha value is -2.60. The van der Waals surface area contributed by atoms with Crippen LogP contribution < -0.4 is 0 Å². The summed E-state index contributed by atoms with van der Waals surface area (Å²) in [5, 5.41) is 9.18. The van der Waals surface area contributed by atoms with Gasteiger partial charge in [-0.1, -0.05) is 37.3 Å². The Bertz CT molecular complexity index is 805. The Balaban J connectivity index is 2.21. The van der Waals surface area contributed by atoms with Gasteiger partial charge in [0.05, 0.1) is 11.1 Å². The molecule has 3 nitrogen and oxygen atoms in total. The largest absolute Gasteiger partial charge is 0.327 e. The lowest BCUT2D eigenvalue weighted by Crippen LogP contribution is -1.92. The third-order valence-electron chi connectivity index (χ3n) is 3.65. The molecule has 20 heavy (non-hydrogen) atoms. The quantitative estimate of drug-likeness (QED) is 0.706. The summed E-state index contributed by atoms with van der Waals surface area (Å²) in [7, 11) is 1.99. The molecule has 0 aliphatic heterocycles. The van der Waals surface area contributed by atoms with E-state index in [9.17, 15) is 5.26 Å². The first-order valence-corrected chi connectivity index (χ1v) is 6.69. The van der Waals surface area contributed by atoms with Crippen molar-refractivity contribution in [2.24, 2.45) is 7.05 Å². The van der Waals surface area contributed by atoms with Crippen LogP contribution in [0.15, 0.2) is 42.5 Å². The maximum Gasteiger partial charge on any atom is 0.140 e. The predicted octanol–water partition coefficient (Wildman–Crippen LogP) is 3.67. The molecule has 0 aliphatic rings. The predicted molar refractivity (Wildman–Crippen MR) is 80.2 cm³/mol. The number of aryl methyl sites for hydroxylation is 2. The van der Waals surface area contributed by atoms with Crippen LogP contribution in [0.3, 0.4) is 0 Å². The number of hydrogen-bond donors (Lipinski definition) is 0. The highest BCUT2D eigenvalue weighted by Gasteiger charge is 2.12. The van der Waals surface area contributed by atoms with Gasteiger partial charge in [-0.2, -0.15) is 5.26 Å². The lowest BCUT2D eigenvalue weighted by molar-refractivity contribution is 0.959. The lowest BCUT2D eigenvalue weighted by Gasteiger charge is -2.03. The van der Waals surface area contributed by atoms with Gasteiger partial charge < -0.3 is 4.57 Å². The van der Waals surface area contributed by atoms with Crippen LogP contribution in [0.1, 0.15) is 18.1 Å². The van der Waals surface area contributed by atoms with Gasteiger partial charge in [-0.15, -0.1) is 0 Å². The van der Waals surface area contributed by atoms with E-state index in [1.54, 1.807) is 6.07 Å².